The number of hydrogen-bond donors (Lipinski definition) is 0. The molecule has 0 saturated heterocycles. The Balaban J connectivity index is 3.21. The quantitative estimate of drug-likeness (QED) is 0.752. The van der Waals surface area contributed by atoms with E-state index in [9.17, 15) is 9.59 Å². The number of hydrogen-bond acceptors (Lipinski definition) is 4. The third-order valence-corrected chi connectivity index (χ3v) is 2.30. The van der Waals surface area contributed by atoms with Crippen molar-refractivity contribution in [1.82, 2.24) is 0 Å². The van der Waals surface area contributed by atoms with Gasteiger partial charge in [-0.1, -0.05) is 18.7 Å². The molecule has 0 fully saturated rings. The Labute approximate surface area is 106 Å². The van der Waals surface area contributed by atoms with Crippen molar-refractivity contribution in [2.45, 2.75) is 13.8 Å². The Morgan fingerprint density at radius 2 is 1.56 bits per heavy atom. The molecule has 0 N–H and O–H groups in total. The lowest BCUT2D eigenvalue weighted by Crippen LogP contribution is -2.12. The Kier molecular flexibility index (Phi) is 5.11. The maximum atomic E-state index is 11.7. The van der Waals surface area contributed by atoms with Gasteiger partial charge in [-0.25, -0.2) is 9.59 Å². The maximum absolute atomic E-state index is 11.7. The first-order chi connectivity index (χ1) is 8.65. The molecule has 0 spiro atoms. The van der Waals surface area contributed by atoms with Gasteiger partial charge < -0.3 is 9.47 Å². The zero-order valence-electron chi connectivity index (χ0n) is 10.6. The summed E-state index contributed by atoms with van der Waals surface area (Å²) in [6.45, 7) is 7.62. The fourth-order valence-electron chi connectivity index (χ4n) is 1.56. The normalized spacial score (nSPS) is 9.67. The van der Waals surface area contributed by atoms with Crippen LogP contribution in [0.25, 0.3) is 6.08 Å². The lowest BCUT2D eigenvalue weighted by Gasteiger charge is -2.10. The number of esters is 2. The Bertz CT molecular complexity index is 427. The summed E-state index contributed by atoms with van der Waals surface area (Å²) < 4.78 is 9.85. The van der Waals surface area contributed by atoms with Crippen molar-refractivity contribution in [3.63, 3.8) is 0 Å². The van der Waals surface area contributed by atoms with Crippen molar-refractivity contribution in [2.24, 2.45) is 0 Å². The smallest absolute Gasteiger partial charge is 0.338 e. The van der Waals surface area contributed by atoms with E-state index in [1.54, 1.807) is 32.0 Å². The SMILES string of the molecule is C=Cc1c(C(=O)OCC)cccc1C(=O)OCC. The summed E-state index contributed by atoms with van der Waals surface area (Å²) in [5.41, 5.74) is 1.07. The minimum absolute atomic E-state index is 0.277. The summed E-state index contributed by atoms with van der Waals surface area (Å²) in [4.78, 5) is 23.5. The summed E-state index contributed by atoms with van der Waals surface area (Å²) in [5.74, 6) is -0.947. The average Bonchev–Trinajstić information content (AvgIpc) is 2.38. The van der Waals surface area contributed by atoms with Crippen molar-refractivity contribution in [1.29, 1.82) is 0 Å². The van der Waals surface area contributed by atoms with Gasteiger partial charge in [0.2, 0.25) is 0 Å². The second-order valence-electron chi connectivity index (χ2n) is 3.41. The molecule has 0 aromatic heterocycles. The molecule has 0 saturated carbocycles. The molecule has 0 heterocycles. The fraction of sp³-hybridized carbons (Fsp3) is 0.286. The first kappa shape index (κ1) is 14.0. The lowest BCUT2D eigenvalue weighted by atomic mass is 10.0. The van der Waals surface area contributed by atoms with Gasteiger partial charge in [-0.3, -0.25) is 0 Å². The molecule has 0 aliphatic carbocycles. The molecule has 4 heteroatoms. The Morgan fingerprint density at radius 3 is 1.89 bits per heavy atom. The Morgan fingerprint density at radius 1 is 1.11 bits per heavy atom. The van der Waals surface area contributed by atoms with Gasteiger partial charge in [0, 0.05) is 5.56 Å². The van der Waals surface area contributed by atoms with E-state index in [-0.39, 0.29) is 13.2 Å². The molecule has 1 rings (SSSR count). The van der Waals surface area contributed by atoms with E-state index in [4.69, 9.17) is 9.47 Å². The number of rotatable bonds is 5. The predicted molar refractivity (Wildman–Crippen MR) is 68.4 cm³/mol. The molecule has 18 heavy (non-hydrogen) atoms. The molecule has 0 aliphatic heterocycles. The molecule has 1 aromatic carbocycles. The number of ether oxygens (including phenoxy) is 2. The van der Waals surface area contributed by atoms with E-state index >= 15 is 0 Å². The van der Waals surface area contributed by atoms with Crippen LogP contribution < -0.4 is 0 Å². The van der Waals surface area contributed by atoms with Crippen molar-refractivity contribution < 1.29 is 19.1 Å². The van der Waals surface area contributed by atoms with Gasteiger partial charge in [0.15, 0.2) is 0 Å². The van der Waals surface area contributed by atoms with Crippen molar-refractivity contribution in [3.05, 3.63) is 41.5 Å². The van der Waals surface area contributed by atoms with E-state index in [0.717, 1.165) is 0 Å². The van der Waals surface area contributed by atoms with E-state index < -0.39 is 11.9 Å². The minimum Gasteiger partial charge on any atom is -0.462 e. The van der Waals surface area contributed by atoms with Crippen molar-refractivity contribution in [3.8, 4) is 0 Å². The first-order valence-electron chi connectivity index (χ1n) is 5.75. The highest BCUT2D eigenvalue weighted by atomic mass is 16.5. The van der Waals surface area contributed by atoms with Crippen molar-refractivity contribution in [2.75, 3.05) is 13.2 Å². The van der Waals surface area contributed by atoms with Crippen LogP contribution in [-0.4, -0.2) is 25.2 Å². The molecule has 0 bridgehead atoms. The van der Waals surface area contributed by atoms with Gasteiger partial charge in [0.25, 0.3) is 0 Å². The number of benzene rings is 1. The maximum Gasteiger partial charge on any atom is 0.338 e. The molecule has 0 aliphatic rings. The highest BCUT2D eigenvalue weighted by Gasteiger charge is 2.18. The second-order valence-corrected chi connectivity index (χ2v) is 3.41. The van der Waals surface area contributed by atoms with Crippen LogP contribution in [0, 0.1) is 0 Å². The highest BCUT2D eigenvalue weighted by Crippen LogP contribution is 2.18. The summed E-state index contributed by atoms with van der Waals surface area (Å²) in [5, 5.41) is 0. The van der Waals surface area contributed by atoms with E-state index in [2.05, 4.69) is 6.58 Å². The van der Waals surface area contributed by atoms with E-state index in [1.807, 2.05) is 0 Å². The summed E-state index contributed by atoms with van der Waals surface area (Å²) in [6, 6.07) is 4.81. The topological polar surface area (TPSA) is 52.6 Å². The third-order valence-electron chi connectivity index (χ3n) is 2.30. The van der Waals surface area contributed by atoms with E-state index in [1.165, 1.54) is 6.08 Å². The molecule has 4 nitrogen and oxygen atoms in total. The zero-order chi connectivity index (χ0) is 13.5. The van der Waals surface area contributed by atoms with Crippen LogP contribution in [0.5, 0.6) is 0 Å². The molecule has 1 aromatic rings. The van der Waals surface area contributed by atoms with Gasteiger partial charge >= 0.3 is 11.9 Å². The minimum atomic E-state index is -0.474. The molecule has 0 atom stereocenters. The summed E-state index contributed by atoms with van der Waals surface area (Å²) >= 11 is 0. The van der Waals surface area contributed by atoms with Gasteiger partial charge in [0.1, 0.15) is 0 Å². The monoisotopic (exact) mass is 248 g/mol. The second kappa shape index (κ2) is 6.59. The van der Waals surface area contributed by atoms with Crippen LogP contribution in [0.4, 0.5) is 0 Å². The van der Waals surface area contributed by atoms with Crippen LogP contribution in [0.15, 0.2) is 24.8 Å². The molecule has 0 radical (unpaired) electrons. The van der Waals surface area contributed by atoms with Crippen LogP contribution in [-0.2, 0) is 9.47 Å². The van der Waals surface area contributed by atoms with Gasteiger partial charge in [-0.05, 0) is 26.0 Å². The van der Waals surface area contributed by atoms with Gasteiger partial charge in [-0.15, -0.1) is 0 Å². The van der Waals surface area contributed by atoms with Crippen molar-refractivity contribution >= 4 is 18.0 Å². The number of carbonyl (C=O) groups excluding carboxylic acids is 2. The molecule has 0 amide bonds. The standard InChI is InChI=1S/C14H16O4/c1-4-10-11(13(15)17-5-2)8-7-9-12(10)14(16)18-6-3/h4,7-9H,1,5-6H2,2-3H3. The van der Waals surface area contributed by atoms with Crippen LogP contribution in [0.2, 0.25) is 0 Å². The average molecular weight is 248 g/mol. The van der Waals surface area contributed by atoms with Crippen LogP contribution in [0.3, 0.4) is 0 Å². The van der Waals surface area contributed by atoms with E-state index in [0.29, 0.717) is 16.7 Å². The largest absolute Gasteiger partial charge is 0.462 e. The third kappa shape index (κ3) is 2.97. The molecule has 96 valence electrons. The first-order valence-corrected chi connectivity index (χ1v) is 5.75. The predicted octanol–water partition coefficient (Wildman–Crippen LogP) is 2.68. The summed E-state index contributed by atoms with van der Waals surface area (Å²) in [7, 11) is 0. The fourth-order valence-corrected chi connectivity index (χ4v) is 1.56. The van der Waals surface area contributed by atoms with Gasteiger partial charge in [0.05, 0.1) is 24.3 Å². The summed E-state index contributed by atoms with van der Waals surface area (Å²) in [6.07, 6.45) is 1.46. The highest BCUT2D eigenvalue weighted by molar-refractivity contribution is 6.01. The zero-order valence-corrected chi connectivity index (χ0v) is 10.6. The lowest BCUT2D eigenvalue weighted by molar-refractivity contribution is 0.0525. The molecular formula is C14H16O4. The molecule has 0 unspecified atom stereocenters. The Hall–Kier alpha value is -2.10. The van der Waals surface area contributed by atoms with Crippen LogP contribution >= 0.6 is 0 Å². The van der Waals surface area contributed by atoms with Gasteiger partial charge in [-0.2, -0.15) is 0 Å². The number of carbonyl (C=O) groups is 2. The van der Waals surface area contributed by atoms with Crippen LogP contribution in [0.1, 0.15) is 40.1 Å². The molecular weight excluding hydrogens is 232 g/mol.